The molecule has 4 nitrogen and oxygen atoms in total. The molecule has 2 amide bonds. The van der Waals surface area contributed by atoms with E-state index in [4.69, 9.17) is 0 Å². The Morgan fingerprint density at radius 1 is 1.20 bits per heavy atom. The first-order chi connectivity index (χ1) is 7.13. The van der Waals surface area contributed by atoms with Crippen molar-refractivity contribution in [1.82, 2.24) is 5.32 Å². The maximum absolute atomic E-state index is 12.5. The van der Waals surface area contributed by atoms with E-state index in [0.29, 0.717) is 12.2 Å². The summed E-state index contributed by atoms with van der Waals surface area (Å²) >= 11 is 0. The summed E-state index contributed by atoms with van der Waals surface area (Å²) in [5, 5.41) is 4.69. The topological polar surface area (TPSA) is 58.2 Å². The van der Waals surface area contributed by atoms with Gasteiger partial charge in [-0.15, -0.1) is 0 Å². The Balaban J connectivity index is 2.58. The molecule has 1 aromatic carbocycles. The number of amides is 2. The number of likely N-dealkylation sites (N-methyl/N-ethyl adjacent to an activating group) is 1. The minimum atomic E-state index is -0.761. The van der Waals surface area contributed by atoms with Gasteiger partial charge < -0.3 is 10.6 Å². The Labute approximate surface area is 86.5 Å². The summed E-state index contributed by atoms with van der Waals surface area (Å²) in [6, 6.07) is 5.17. The number of nitrogens with one attached hydrogen (secondary N) is 2. The van der Waals surface area contributed by atoms with Crippen molar-refractivity contribution in [3.05, 3.63) is 30.1 Å². The molecule has 0 aliphatic rings. The molecular formula is C10H11FN2O2. The predicted molar refractivity (Wildman–Crippen MR) is 53.7 cm³/mol. The molecule has 15 heavy (non-hydrogen) atoms. The van der Waals surface area contributed by atoms with E-state index in [1.165, 1.54) is 24.3 Å². The summed E-state index contributed by atoms with van der Waals surface area (Å²) in [5.74, 6) is -1.86. The van der Waals surface area contributed by atoms with Crippen molar-refractivity contribution in [3.8, 4) is 0 Å². The van der Waals surface area contributed by atoms with E-state index in [9.17, 15) is 14.0 Å². The Morgan fingerprint density at radius 3 is 2.33 bits per heavy atom. The van der Waals surface area contributed by atoms with Gasteiger partial charge in [0.25, 0.3) is 0 Å². The smallest absolute Gasteiger partial charge is 0.313 e. The van der Waals surface area contributed by atoms with Crippen LogP contribution in [-0.2, 0) is 9.59 Å². The third-order valence-corrected chi connectivity index (χ3v) is 1.65. The molecule has 0 aliphatic carbocycles. The molecule has 0 spiro atoms. The maximum atomic E-state index is 12.5. The average molecular weight is 210 g/mol. The van der Waals surface area contributed by atoms with Gasteiger partial charge in [0.1, 0.15) is 5.82 Å². The number of anilines is 1. The first-order valence-corrected chi connectivity index (χ1v) is 4.48. The Bertz CT molecular complexity index is 362. The van der Waals surface area contributed by atoms with Crippen molar-refractivity contribution in [1.29, 1.82) is 0 Å². The molecule has 0 aromatic heterocycles. The number of carbonyl (C=O) groups is 2. The number of halogens is 1. The highest BCUT2D eigenvalue weighted by molar-refractivity contribution is 6.39. The molecule has 0 saturated heterocycles. The summed E-state index contributed by atoms with van der Waals surface area (Å²) in [5.41, 5.74) is 0.382. The second-order valence-corrected chi connectivity index (χ2v) is 2.82. The monoisotopic (exact) mass is 210 g/mol. The van der Waals surface area contributed by atoms with Gasteiger partial charge in [-0.25, -0.2) is 4.39 Å². The van der Waals surface area contributed by atoms with Gasteiger partial charge in [0, 0.05) is 12.2 Å². The third-order valence-electron chi connectivity index (χ3n) is 1.65. The summed E-state index contributed by atoms with van der Waals surface area (Å²) < 4.78 is 12.5. The lowest BCUT2D eigenvalue weighted by Crippen LogP contribution is -2.35. The second-order valence-electron chi connectivity index (χ2n) is 2.82. The Morgan fingerprint density at radius 2 is 1.80 bits per heavy atom. The van der Waals surface area contributed by atoms with Crippen molar-refractivity contribution in [2.24, 2.45) is 0 Å². The van der Waals surface area contributed by atoms with E-state index in [2.05, 4.69) is 10.6 Å². The fourth-order valence-corrected chi connectivity index (χ4v) is 0.962. The highest BCUT2D eigenvalue weighted by Crippen LogP contribution is 2.07. The van der Waals surface area contributed by atoms with Gasteiger partial charge >= 0.3 is 11.8 Å². The third kappa shape index (κ3) is 3.38. The molecule has 0 heterocycles. The molecule has 0 fully saturated rings. The van der Waals surface area contributed by atoms with Crippen LogP contribution in [0, 0.1) is 5.82 Å². The SMILES string of the molecule is CCNC(=O)C(=O)Nc1ccc(F)cc1. The molecule has 0 radical (unpaired) electrons. The summed E-state index contributed by atoms with van der Waals surface area (Å²) in [6.45, 7) is 2.10. The van der Waals surface area contributed by atoms with Crippen LogP contribution in [0.1, 0.15) is 6.92 Å². The first-order valence-electron chi connectivity index (χ1n) is 4.48. The average Bonchev–Trinajstić information content (AvgIpc) is 2.22. The lowest BCUT2D eigenvalue weighted by molar-refractivity contribution is -0.136. The van der Waals surface area contributed by atoms with Crippen LogP contribution in [0.2, 0.25) is 0 Å². The summed E-state index contributed by atoms with van der Waals surface area (Å²) in [4.78, 5) is 22.2. The molecule has 0 aliphatic heterocycles. The van der Waals surface area contributed by atoms with Crippen molar-refractivity contribution >= 4 is 17.5 Å². The highest BCUT2D eigenvalue weighted by atomic mass is 19.1. The molecule has 1 rings (SSSR count). The number of hydrogen-bond donors (Lipinski definition) is 2. The van der Waals surface area contributed by atoms with Crippen LogP contribution < -0.4 is 10.6 Å². The quantitative estimate of drug-likeness (QED) is 0.712. The van der Waals surface area contributed by atoms with Gasteiger partial charge in [0.2, 0.25) is 0 Å². The standard InChI is InChI=1S/C10H11FN2O2/c1-2-12-9(14)10(15)13-8-5-3-7(11)4-6-8/h3-6H,2H2,1H3,(H,12,14)(H,13,15). The summed E-state index contributed by atoms with van der Waals surface area (Å²) in [7, 11) is 0. The van der Waals surface area contributed by atoms with Gasteiger partial charge in [-0.2, -0.15) is 0 Å². The van der Waals surface area contributed by atoms with Crippen molar-refractivity contribution in [2.75, 3.05) is 11.9 Å². The number of carbonyl (C=O) groups excluding carboxylic acids is 2. The first kappa shape index (κ1) is 11.2. The van der Waals surface area contributed by atoms with Crippen molar-refractivity contribution < 1.29 is 14.0 Å². The van der Waals surface area contributed by atoms with Crippen LogP contribution in [0.25, 0.3) is 0 Å². The fourth-order valence-electron chi connectivity index (χ4n) is 0.962. The van der Waals surface area contributed by atoms with E-state index < -0.39 is 17.6 Å². The van der Waals surface area contributed by atoms with Gasteiger partial charge in [0.15, 0.2) is 0 Å². The van der Waals surface area contributed by atoms with Gasteiger partial charge in [-0.3, -0.25) is 9.59 Å². The van der Waals surface area contributed by atoms with Crippen LogP contribution in [0.3, 0.4) is 0 Å². The predicted octanol–water partition coefficient (Wildman–Crippen LogP) is 0.900. The van der Waals surface area contributed by atoms with Crippen LogP contribution in [0.5, 0.6) is 0 Å². The van der Waals surface area contributed by atoms with Crippen molar-refractivity contribution in [2.45, 2.75) is 6.92 Å². The molecule has 2 N–H and O–H groups in total. The minimum absolute atomic E-state index is 0.382. The van der Waals surface area contributed by atoms with E-state index in [-0.39, 0.29) is 0 Å². The van der Waals surface area contributed by atoms with Crippen molar-refractivity contribution in [3.63, 3.8) is 0 Å². The summed E-state index contributed by atoms with van der Waals surface area (Å²) in [6.07, 6.45) is 0. The molecule has 5 heteroatoms. The Hall–Kier alpha value is -1.91. The van der Waals surface area contributed by atoms with Gasteiger partial charge in [-0.1, -0.05) is 0 Å². The molecule has 0 unspecified atom stereocenters. The second kappa shape index (κ2) is 5.09. The largest absolute Gasteiger partial charge is 0.348 e. The fraction of sp³-hybridized carbons (Fsp3) is 0.200. The lowest BCUT2D eigenvalue weighted by atomic mass is 10.3. The van der Waals surface area contributed by atoms with Gasteiger partial charge in [0.05, 0.1) is 0 Å². The van der Waals surface area contributed by atoms with Crippen LogP contribution in [-0.4, -0.2) is 18.4 Å². The Kier molecular flexibility index (Phi) is 3.79. The highest BCUT2D eigenvalue weighted by Gasteiger charge is 2.11. The molecule has 0 atom stereocenters. The maximum Gasteiger partial charge on any atom is 0.313 e. The van der Waals surface area contributed by atoms with E-state index >= 15 is 0 Å². The lowest BCUT2D eigenvalue weighted by Gasteiger charge is -2.04. The van der Waals surface area contributed by atoms with E-state index in [1.807, 2.05) is 0 Å². The number of rotatable bonds is 2. The normalized spacial score (nSPS) is 9.47. The molecule has 80 valence electrons. The number of hydrogen-bond acceptors (Lipinski definition) is 2. The van der Waals surface area contributed by atoms with Crippen LogP contribution in [0.15, 0.2) is 24.3 Å². The van der Waals surface area contributed by atoms with Crippen LogP contribution >= 0.6 is 0 Å². The zero-order chi connectivity index (χ0) is 11.3. The van der Waals surface area contributed by atoms with Crippen LogP contribution in [0.4, 0.5) is 10.1 Å². The van der Waals surface area contributed by atoms with Gasteiger partial charge in [-0.05, 0) is 31.2 Å². The van der Waals surface area contributed by atoms with E-state index in [1.54, 1.807) is 6.92 Å². The zero-order valence-electron chi connectivity index (χ0n) is 8.21. The molecule has 0 saturated carbocycles. The number of benzene rings is 1. The molecule has 1 aromatic rings. The van der Waals surface area contributed by atoms with E-state index in [0.717, 1.165) is 0 Å². The minimum Gasteiger partial charge on any atom is -0.348 e. The molecule has 0 bridgehead atoms. The zero-order valence-corrected chi connectivity index (χ0v) is 8.21. The molecular weight excluding hydrogens is 199 g/mol.